The fourth-order valence-electron chi connectivity index (χ4n) is 5.94. The monoisotopic (exact) mass is 733 g/mol. The molecule has 0 saturated carbocycles. The van der Waals surface area contributed by atoms with Crippen molar-refractivity contribution >= 4 is 37.5 Å². The van der Waals surface area contributed by atoms with Gasteiger partial charge in [-0.1, -0.05) is 129 Å². The molecule has 0 unspecified atom stereocenters. The molecule has 0 atom stereocenters. The Morgan fingerprint density at radius 3 is 1.80 bits per heavy atom. The van der Waals surface area contributed by atoms with Gasteiger partial charge in [-0.25, -0.2) is 13.4 Å². The summed E-state index contributed by atoms with van der Waals surface area (Å²) in [5, 5.41) is 18.8. The third kappa shape index (κ3) is 6.93. The van der Waals surface area contributed by atoms with Crippen molar-refractivity contribution in [2.24, 2.45) is 5.16 Å². The lowest BCUT2D eigenvalue weighted by atomic mass is 9.77. The molecule has 0 aliphatic heterocycles. The van der Waals surface area contributed by atoms with Crippen LogP contribution in [0.5, 0.6) is 0 Å². The van der Waals surface area contributed by atoms with Crippen molar-refractivity contribution in [3.05, 3.63) is 178 Å². The molecule has 0 bridgehead atoms. The zero-order chi connectivity index (χ0) is 34.6. The largest absolute Gasteiger partial charge is 0.411 e. The third-order valence-electron chi connectivity index (χ3n) is 8.48. The molecule has 0 fully saturated rings. The highest BCUT2D eigenvalue weighted by molar-refractivity contribution is 9.10. The summed E-state index contributed by atoms with van der Waals surface area (Å²) in [6.07, 6.45) is 3.62. The summed E-state index contributed by atoms with van der Waals surface area (Å²) in [7, 11) is -3.90. The van der Waals surface area contributed by atoms with Crippen molar-refractivity contribution in [3.8, 4) is 0 Å². The highest BCUT2D eigenvalue weighted by atomic mass is 79.9. The molecule has 248 valence electrons. The summed E-state index contributed by atoms with van der Waals surface area (Å²) in [5.41, 5.74) is 4.45. The van der Waals surface area contributed by atoms with Crippen molar-refractivity contribution in [1.29, 1.82) is 0 Å². The molecule has 6 aromatic rings. The van der Waals surface area contributed by atoms with Crippen molar-refractivity contribution < 1.29 is 13.6 Å². The van der Waals surface area contributed by atoms with Gasteiger partial charge in [-0.05, 0) is 67.9 Å². The molecule has 0 amide bonds. The Morgan fingerprint density at radius 2 is 1.31 bits per heavy atom. The first kappa shape index (κ1) is 33.8. The Balaban J connectivity index is 1.34. The maximum atomic E-state index is 13.3. The van der Waals surface area contributed by atoms with Gasteiger partial charge in [-0.15, -0.1) is 0 Å². The minimum Gasteiger partial charge on any atom is -0.411 e. The number of nitrogens with zero attached hydrogens (tertiary/aromatic N) is 4. The van der Waals surface area contributed by atoms with Crippen LogP contribution in [0, 0.1) is 0 Å². The lowest BCUT2D eigenvalue weighted by molar-refractivity contribution is 0.318. The molecular formula is C39H36BrN5O3S. The van der Waals surface area contributed by atoms with E-state index in [4.69, 9.17) is 5.10 Å². The van der Waals surface area contributed by atoms with Crippen LogP contribution in [0.4, 0.5) is 5.82 Å². The molecule has 0 aliphatic carbocycles. The number of hydrogen-bond acceptors (Lipinski definition) is 6. The minimum absolute atomic E-state index is 0.0909. The average Bonchev–Trinajstić information content (AvgIpc) is 3.60. The molecule has 0 spiro atoms. The normalized spacial score (nSPS) is 12.5. The van der Waals surface area contributed by atoms with E-state index in [9.17, 15) is 13.6 Å². The molecule has 0 aliphatic rings. The second kappa shape index (κ2) is 13.8. The summed E-state index contributed by atoms with van der Waals surface area (Å²) in [5.74, 6) is 0.141. The molecule has 2 heterocycles. The summed E-state index contributed by atoms with van der Waals surface area (Å²) in [6, 6.07) is 40.6. The Labute approximate surface area is 295 Å². The van der Waals surface area contributed by atoms with Gasteiger partial charge in [0.05, 0.1) is 22.5 Å². The zero-order valence-electron chi connectivity index (χ0n) is 27.3. The van der Waals surface area contributed by atoms with E-state index in [1.54, 1.807) is 30.5 Å². The minimum atomic E-state index is -3.90. The summed E-state index contributed by atoms with van der Waals surface area (Å²) in [6.45, 7) is 6.22. The van der Waals surface area contributed by atoms with Crippen LogP contribution in [0.1, 0.15) is 54.3 Å². The van der Waals surface area contributed by atoms with Gasteiger partial charge in [-0.2, -0.15) is 5.10 Å². The van der Waals surface area contributed by atoms with Gasteiger partial charge in [0.15, 0.2) is 0 Å². The summed E-state index contributed by atoms with van der Waals surface area (Å²) < 4.78 is 31.7. The third-order valence-corrected chi connectivity index (χ3v) is 10.6. The van der Waals surface area contributed by atoms with Crippen molar-refractivity contribution in [2.75, 3.05) is 4.72 Å². The van der Waals surface area contributed by atoms with Crippen LogP contribution >= 0.6 is 15.9 Å². The van der Waals surface area contributed by atoms with E-state index in [0.717, 1.165) is 22.3 Å². The molecule has 2 aromatic heterocycles. The molecule has 8 nitrogen and oxygen atoms in total. The van der Waals surface area contributed by atoms with Gasteiger partial charge in [0.2, 0.25) is 0 Å². The van der Waals surface area contributed by atoms with E-state index >= 15 is 0 Å². The predicted molar refractivity (Wildman–Crippen MR) is 197 cm³/mol. The van der Waals surface area contributed by atoms with E-state index < -0.39 is 15.6 Å². The van der Waals surface area contributed by atoms with Crippen LogP contribution in [0.15, 0.2) is 154 Å². The number of halogens is 1. The molecule has 2 N–H and O–H groups in total. The highest BCUT2D eigenvalue weighted by Gasteiger charge is 2.39. The fourth-order valence-corrected chi connectivity index (χ4v) is 7.30. The van der Waals surface area contributed by atoms with Gasteiger partial charge >= 0.3 is 0 Å². The fraction of sp³-hybridized carbons (Fsp3) is 0.154. The number of oxime groups is 1. The number of aromatic nitrogens is 3. The van der Waals surface area contributed by atoms with Gasteiger partial charge in [0, 0.05) is 22.7 Å². The van der Waals surface area contributed by atoms with Crippen LogP contribution in [-0.4, -0.2) is 34.1 Å². The topological polar surface area (TPSA) is 109 Å². The van der Waals surface area contributed by atoms with E-state index in [-0.39, 0.29) is 22.5 Å². The number of sulfonamides is 1. The van der Waals surface area contributed by atoms with Crippen LogP contribution in [0.3, 0.4) is 0 Å². The maximum absolute atomic E-state index is 13.3. The van der Waals surface area contributed by atoms with E-state index in [1.807, 2.05) is 77.6 Å². The molecule has 49 heavy (non-hydrogen) atoms. The molecule has 0 radical (unpaired) electrons. The van der Waals surface area contributed by atoms with Gasteiger partial charge in [0.1, 0.15) is 11.4 Å². The quantitative estimate of drug-likeness (QED) is 0.0636. The number of rotatable bonds is 10. The van der Waals surface area contributed by atoms with E-state index in [2.05, 4.69) is 88.0 Å². The van der Waals surface area contributed by atoms with Gasteiger partial charge < -0.3 is 5.21 Å². The second-order valence-electron chi connectivity index (χ2n) is 12.7. The number of anilines is 1. The molecule has 0 saturated heterocycles. The van der Waals surface area contributed by atoms with E-state index in [1.165, 1.54) is 0 Å². The first-order valence-corrected chi connectivity index (χ1v) is 18.0. The summed E-state index contributed by atoms with van der Waals surface area (Å²) >= 11 is 3.54. The lowest BCUT2D eigenvalue weighted by Gasteiger charge is -2.36. The lowest BCUT2D eigenvalue weighted by Crippen LogP contribution is -2.38. The maximum Gasteiger partial charge on any atom is 0.263 e. The first-order chi connectivity index (χ1) is 23.5. The van der Waals surface area contributed by atoms with Gasteiger partial charge in [0.25, 0.3) is 10.0 Å². The molecular weight excluding hydrogens is 698 g/mol. The smallest absolute Gasteiger partial charge is 0.263 e. The zero-order valence-corrected chi connectivity index (χ0v) is 29.7. The average molecular weight is 735 g/mol. The van der Waals surface area contributed by atoms with Crippen LogP contribution in [0.25, 0.3) is 0 Å². The Kier molecular flexibility index (Phi) is 9.54. The molecule has 6 rings (SSSR count). The first-order valence-electron chi connectivity index (χ1n) is 15.7. The van der Waals surface area contributed by atoms with Gasteiger partial charge in [-0.3, -0.25) is 9.40 Å². The van der Waals surface area contributed by atoms with Crippen molar-refractivity contribution in [3.63, 3.8) is 0 Å². The van der Waals surface area contributed by atoms with Crippen molar-refractivity contribution in [1.82, 2.24) is 14.8 Å². The predicted octanol–water partition coefficient (Wildman–Crippen LogP) is 8.40. The number of hydrogen-bond donors (Lipinski definition) is 2. The number of nitrogens with one attached hydrogen (secondary N) is 1. The Bertz CT molecular complexity index is 2080. The highest BCUT2D eigenvalue weighted by Crippen LogP contribution is 2.40. The number of pyridine rings is 1. The summed E-state index contributed by atoms with van der Waals surface area (Å²) in [4.78, 5) is 4.73. The van der Waals surface area contributed by atoms with Crippen LogP contribution in [-0.2, 0) is 27.4 Å². The van der Waals surface area contributed by atoms with Crippen LogP contribution in [0.2, 0.25) is 0 Å². The SMILES string of the molecule is CC(C)(C)c1ccc(S(=O)(=O)Nc2ccc(Br)c(CC(=NO)c3cnn(C(c4ccccc4)(c4ccccc4)c4ccccc4)c3)n2)cc1. The molecule has 10 heteroatoms. The molecule has 4 aromatic carbocycles. The van der Waals surface area contributed by atoms with Crippen molar-refractivity contribution in [2.45, 2.75) is 43.0 Å². The van der Waals surface area contributed by atoms with Crippen LogP contribution < -0.4 is 4.72 Å². The second-order valence-corrected chi connectivity index (χ2v) is 15.2. The van der Waals surface area contributed by atoms with E-state index in [0.29, 0.717) is 21.4 Å². The Hall–Kier alpha value is -5.06. The standard InChI is InChI=1S/C39H36BrN5O3S/c1-38(2,3)29-19-21-33(22-20-29)49(47,48)44-37-24-23-34(40)36(42-37)25-35(43-46)28-26-41-45(27-28)39(30-13-7-4-8-14-30,31-15-9-5-10-16-31)32-17-11-6-12-18-32/h4-24,26-27,46H,25H2,1-3H3,(H,42,44). The Morgan fingerprint density at radius 1 is 0.776 bits per heavy atom. The number of benzene rings is 4.